The van der Waals surface area contributed by atoms with Crippen LogP contribution in [0.1, 0.15) is 79.8 Å². The Balaban J connectivity index is 0.000000189. The number of halogens is 2. The average molecular weight is 842 g/mol. The summed E-state index contributed by atoms with van der Waals surface area (Å²) in [6.45, 7) is 18.5. The van der Waals surface area contributed by atoms with Crippen molar-refractivity contribution in [1.29, 1.82) is 0 Å². The molecular formula is C52H55Cl2Zr-3. The molecule has 8 aromatic rings. The number of aryl methyl sites for hydroxylation is 6. The summed E-state index contributed by atoms with van der Waals surface area (Å²) in [5, 5.41) is 11.0. The zero-order chi connectivity index (χ0) is 39.5. The molecule has 0 heterocycles. The molecule has 0 N–H and O–H groups in total. The van der Waals surface area contributed by atoms with Crippen molar-refractivity contribution >= 4 is 60.1 Å². The van der Waals surface area contributed by atoms with Gasteiger partial charge in [-0.05, 0) is 59.4 Å². The molecule has 0 aliphatic heterocycles. The van der Waals surface area contributed by atoms with Gasteiger partial charge in [0.1, 0.15) is 0 Å². The molecule has 0 amide bonds. The van der Waals surface area contributed by atoms with Crippen LogP contribution in [-0.4, -0.2) is 0 Å². The third kappa shape index (κ3) is 9.74. The summed E-state index contributed by atoms with van der Waals surface area (Å²) >= 11 is -0.826. The molecule has 0 aliphatic carbocycles. The van der Waals surface area contributed by atoms with Gasteiger partial charge in [-0.25, -0.2) is 0 Å². The summed E-state index contributed by atoms with van der Waals surface area (Å²) in [7, 11) is 9.87. The minimum atomic E-state index is -0.826. The van der Waals surface area contributed by atoms with Gasteiger partial charge in [0.2, 0.25) is 0 Å². The summed E-state index contributed by atoms with van der Waals surface area (Å²) in [6, 6.07) is 45.2. The molecular weight excluding hydrogens is 787 g/mol. The predicted octanol–water partition coefficient (Wildman–Crippen LogP) is 16.9. The Hall–Kier alpha value is -3.48. The summed E-state index contributed by atoms with van der Waals surface area (Å²) < 4.78 is 0. The van der Waals surface area contributed by atoms with E-state index in [1.54, 1.807) is 6.92 Å². The Morgan fingerprint density at radius 1 is 0.491 bits per heavy atom. The molecule has 0 aliphatic rings. The SMILES string of the molecule is CCCCc1cc2c(-c3cccc4ccccc34)c(C)cc(C)c2[cH-]1.CCCCc1cc2c(-c3cccc4ccccc34)c(C)cc(C)c2[cH-]1.[CH2-]C.[Cl][Zr][Cl]. The molecule has 0 saturated heterocycles. The van der Waals surface area contributed by atoms with Crippen molar-refractivity contribution in [3.8, 4) is 22.3 Å². The van der Waals surface area contributed by atoms with E-state index in [4.69, 9.17) is 17.0 Å². The molecule has 8 aromatic carbocycles. The molecule has 8 rings (SSSR count). The minimum absolute atomic E-state index is 0.826. The van der Waals surface area contributed by atoms with Gasteiger partial charge in [-0.2, -0.15) is 19.1 Å². The maximum atomic E-state index is 4.93. The Morgan fingerprint density at radius 2 is 0.855 bits per heavy atom. The van der Waals surface area contributed by atoms with Gasteiger partial charge < -0.3 is 6.92 Å². The Kier molecular flexibility index (Phi) is 16.0. The van der Waals surface area contributed by atoms with Crippen LogP contribution in [0.3, 0.4) is 0 Å². The van der Waals surface area contributed by atoms with Crippen LogP contribution in [-0.2, 0) is 33.7 Å². The second-order valence-electron chi connectivity index (χ2n) is 14.5. The average Bonchev–Trinajstić information content (AvgIpc) is 3.83. The van der Waals surface area contributed by atoms with Crippen molar-refractivity contribution in [2.75, 3.05) is 0 Å². The van der Waals surface area contributed by atoms with E-state index >= 15 is 0 Å². The van der Waals surface area contributed by atoms with Crippen LogP contribution in [0.15, 0.2) is 121 Å². The monoisotopic (exact) mass is 839 g/mol. The first-order valence-corrected chi connectivity index (χ1v) is 26.1. The fourth-order valence-corrected chi connectivity index (χ4v) is 8.23. The second kappa shape index (κ2) is 20.6. The molecule has 55 heavy (non-hydrogen) atoms. The van der Waals surface area contributed by atoms with Gasteiger partial charge in [0, 0.05) is 0 Å². The molecule has 0 unspecified atom stereocenters. The fraction of sp³-hybridized carbons (Fsp3) is 0.250. The van der Waals surface area contributed by atoms with Crippen LogP contribution in [0.2, 0.25) is 0 Å². The second-order valence-corrected chi connectivity index (χ2v) is 18.2. The van der Waals surface area contributed by atoms with Gasteiger partial charge in [0.25, 0.3) is 0 Å². The normalized spacial score (nSPS) is 10.8. The van der Waals surface area contributed by atoms with Crippen LogP contribution < -0.4 is 0 Å². The number of fused-ring (bicyclic) bond motifs is 4. The third-order valence-electron chi connectivity index (χ3n) is 10.7. The van der Waals surface area contributed by atoms with E-state index in [0.29, 0.717) is 0 Å². The van der Waals surface area contributed by atoms with Crippen LogP contribution in [0.5, 0.6) is 0 Å². The Morgan fingerprint density at radius 3 is 1.24 bits per heavy atom. The van der Waals surface area contributed by atoms with Crippen LogP contribution in [0.4, 0.5) is 0 Å². The number of benzene rings is 6. The molecule has 0 fully saturated rings. The van der Waals surface area contributed by atoms with Gasteiger partial charge in [-0.3, -0.25) is 0 Å². The maximum absolute atomic E-state index is 4.93. The Bertz CT molecular complexity index is 2290. The van der Waals surface area contributed by atoms with Crippen LogP contribution in [0, 0.1) is 34.6 Å². The first-order valence-electron chi connectivity index (χ1n) is 19.8. The third-order valence-corrected chi connectivity index (χ3v) is 10.7. The van der Waals surface area contributed by atoms with Gasteiger partial charge in [-0.15, -0.1) is 55.9 Å². The summed E-state index contributed by atoms with van der Waals surface area (Å²) in [4.78, 5) is 0. The first kappa shape index (κ1) is 42.7. The van der Waals surface area contributed by atoms with Crippen molar-refractivity contribution in [3.63, 3.8) is 0 Å². The molecule has 0 atom stereocenters. The van der Waals surface area contributed by atoms with Crippen molar-refractivity contribution in [2.24, 2.45) is 0 Å². The van der Waals surface area contributed by atoms with Crippen LogP contribution in [0.25, 0.3) is 65.3 Å². The topological polar surface area (TPSA) is 0 Å². The zero-order valence-corrected chi connectivity index (χ0v) is 37.7. The molecule has 0 spiro atoms. The number of hydrogen-bond acceptors (Lipinski definition) is 0. The van der Waals surface area contributed by atoms with E-state index in [2.05, 4.69) is 170 Å². The fourth-order valence-electron chi connectivity index (χ4n) is 8.23. The van der Waals surface area contributed by atoms with Crippen molar-refractivity contribution < 1.29 is 20.8 Å². The van der Waals surface area contributed by atoms with Crippen LogP contribution >= 0.6 is 17.0 Å². The summed E-state index contributed by atoms with van der Waals surface area (Å²) in [5.41, 5.74) is 14.0. The molecule has 284 valence electrons. The molecule has 0 nitrogen and oxygen atoms in total. The van der Waals surface area contributed by atoms with Gasteiger partial charge in [0.15, 0.2) is 0 Å². The molecule has 0 radical (unpaired) electrons. The standard InChI is InChI=1S/2C25H25.C2H5.2ClH.Zr/c2*1-4-5-9-19-15-23-17(2)14-18(3)25(24(23)16-19)22-13-8-11-20-10-6-7-12-21(20)22;1-2;;;/h2*6-8,10-16H,4-5,9H2,1-3H3;1H2,2H3;2*1H;/q3*-1;;;+2/p-2. The molecule has 3 heteroatoms. The van der Waals surface area contributed by atoms with E-state index in [-0.39, 0.29) is 0 Å². The van der Waals surface area contributed by atoms with Crippen molar-refractivity contribution in [2.45, 2.75) is 87.0 Å². The van der Waals surface area contributed by atoms with Gasteiger partial charge in [-0.1, -0.05) is 173 Å². The quantitative estimate of drug-likeness (QED) is 0.134. The first-order chi connectivity index (χ1) is 26.8. The van der Waals surface area contributed by atoms with E-state index in [1.165, 1.54) is 137 Å². The van der Waals surface area contributed by atoms with E-state index in [0.717, 1.165) is 0 Å². The molecule has 0 bridgehead atoms. The van der Waals surface area contributed by atoms with E-state index in [9.17, 15) is 0 Å². The Labute approximate surface area is 349 Å². The summed E-state index contributed by atoms with van der Waals surface area (Å²) in [6.07, 6.45) is 7.37. The van der Waals surface area contributed by atoms with E-state index < -0.39 is 20.8 Å². The predicted molar refractivity (Wildman–Crippen MR) is 244 cm³/mol. The van der Waals surface area contributed by atoms with Crippen molar-refractivity contribution in [3.05, 3.63) is 162 Å². The number of unbranched alkanes of at least 4 members (excludes halogenated alkanes) is 2. The number of hydrogen-bond donors (Lipinski definition) is 0. The molecule has 0 saturated carbocycles. The van der Waals surface area contributed by atoms with Gasteiger partial charge >= 0.3 is 37.9 Å². The van der Waals surface area contributed by atoms with E-state index in [1.807, 2.05) is 0 Å². The van der Waals surface area contributed by atoms with Crippen molar-refractivity contribution in [1.82, 2.24) is 0 Å². The zero-order valence-electron chi connectivity index (χ0n) is 33.8. The van der Waals surface area contributed by atoms with Gasteiger partial charge in [0.05, 0.1) is 0 Å². The molecule has 0 aromatic heterocycles. The summed E-state index contributed by atoms with van der Waals surface area (Å²) in [5.74, 6) is 0. The number of rotatable bonds is 8.